The summed E-state index contributed by atoms with van der Waals surface area (Å²) in [6, 6.07) is 6.39. The summed E-state index contributed by atoms with van der Waals surface area (Å²) in [7, 11) is 1.66. The molecule has 0 amide bonds. The Morgan fingerprint density at radius 1 is 1.38 bits per heavy atom. The van der Waals surface area contributed by atoms with Crippen molar-refractivity contribution in [2.45, 2.75) is 26.3 Å². The summed E-state index contributed by atoms with van der Waals surface area (Å²) < 4.78 is 17.9. The number of rotatable bonds is 7. The molecule has 0 aliphatic rings. The second-order valence-electron chi connectivity index (χ2n) is 4.39. The lowest BCUT2D eigenvalue weighted by Crippen LogP contribution is -2.37. The molecule has 0 aliphatic carbocycles. The molecule has 1 aromatic rings. The van der Waals surface area contributed by atoms with E-state index in [-0.39, 0.29) is 11.8 Å². The summed E-state index contributed by atoms with van der Waals surface area (Å²) in [5.74, 6) is 0.164. The summed E-state index contributed by atoms with van der Waals surface area (Å²) in [6.07, 6.45) is 1.04. The van der Waals surface area contributed by atoms with Crippen molar-refractivity contribution in [3.8, 4) is 0 Å². The Balaban J connectivity index is 2.25. The Morgan fingerprint density at radius 2 is 2.19 bits per heavy atom. The number of ether oxygens (including phenoxy) is 1. The van der Waals surface area contributed by atoms with Crippen LogP contribution in [0.2, 0.25) is 0 Å². The van der Waals surface area contributed by atoms with Crippen molar-refractivity contribution in [2.24, 2.45) is 4.99 Å². The quantitative estimate of drug-likeness (QED) is 0.349. The fourth-order valence-corrected chi connectivity index (χ4v) is 1.73. The van der Waals surface area contributed by atoms with E-state index in [2.05, 4.69) is 15.6 Å². The fourth-order valence-electron chi connectivity index (χ4n) is 1.73. The summed E-state index contributed by atoms with van der Waals surface area (Å²) in [5, 5.41) is 6.17. The lowest BCUT2D eigenvalue weighted by molar-refractivity contribution is -0.143. The number of halogens is 1. The summed E-state index contributed by atoms with van der Waals surface area (Å²) in [4.78, 5) is 15.2. The number of guanidine groups is 1. The zero-order valence-corrected chi connectivity index (χ0v) is 12.5. The fraction of sp³-hybridized carbons (Fsp3) is 0.467. The smallest absolute Gasteiger partial charge is 0.305 e. The van der Waals surface area contributed by atoms with Gasteiger partial charge in [-0.3, -0.25) is 9.79 Å². The molecular formula is C15H22FN3O2. The zero-order valence-electron chi connectivity index (χ0n) is 12.5. The predicted molar refractivity (Wildman–Crippen MR) is 80.5 cm³/mol. The van der Waals surface area contributed by atoms with Crippen LogP contribution in [0.15, 0.2) is 29.3 Å². The molecule has 0 radical (unpaired) electrons. The van der Waals surface area contributed by atoms with Crippen molar-refractivity contribution in [1.82, 2.24) is 10.6 Å². The van der Waals surface area contributed by atoms with Crippen LogP contribution in [0.3, 0.4) is 0 Å². The molecule has 0 heterocycles. The van der Waals surface area contributed by atoms with Gasteiger partial charge in [0.25, 0.3) is 0 Å². The number of carbonyl (C=O) groups excluding carboxylic acids is 1. The van der Waals surface area contributed by atoms with E-state index in [4.69, 9.17) is 4.74 Å². The minimum Gasteiger partial charge on any atom is -0.466 e. The van der Waals surface area contributed by atoms with Gasteiger partial charge in [-0.1, -0.05) is 12.1 Å². The van der Waals surface area contributed by atoms with Gasteiger partial charge in [0, 0.05) is 26.6 Å². The molecule has 0 fully saturated rings. The Kier molecular flexibility index (Phi) is 7.86. The minimum absolute atomic E-state index is 0.193. The van der Waals surface area contributed by atoms with Gasteiger partial charge in [0.15, 0.2) is 5.96 Å². The van der Waals surface area contributed by atoms with Crippen molar-refractivity contribution >= 4 is 11.9 Å². The van der Waals surface area contributed by atoms with Gasteiger partial charge in [0.1, 0.15) is 5.82 Å². The van der Waals surface area contributed by atoms with Crippen molar-refractivity contribution in [2.75, 3.05) is 20.2 Å². The molecule has 2 N–H and O–H groups in total. The van der Waals surface area contributed by atoms with Crippen molar-refractivity contribution < 1.29 is 13.9 Å². The van der Waals surface area contributed by atoms with Crippen LogP contribution >= 0.6 is 0 Å². The summed E-state index contributed by atoms with van der Waals surface area (Å²) in [5.41, 5.74) is 0.837. The largest absolute Gasteiger partial charge is 0.466 e. The monoisotopic (exact) mass is 295 g/mol. The van der Waals surface area contributed by atoms with E-state index in [0.717, 1.165) is 5.56 Å². The first-order valence-corrected chi connectivity index (χ1v) is 7.00. The third-order valence-corrected chi connectivity index (χ3v) is 2.73. The van der Waals surface area contributed by atoms with Crippen LogP contribution < -0.4 is 10.6 Å². The molecule has 0 saturated carbocycles. The van der Waals surface area contributed by atoms with Crippen molar-refractivity contribution in [3.63, 3.8) is 0 Å². The molecule has 0 bridgehead atoms. The Bertz CT molecular complexity index is 478. The number of nitrogens with one attached hydrogen (secondary N) is 2. The standard InChI is InChI=1S/C15H22FN3O2/c1-3-21-14(20)8-5-9-18-15(17-2)19-11-12-6-4-7-13(16)10-12/h4,6-7,10H,3,5,8-9,11H2,1-2H3,(H2,17,18,19). The van der Waals surface area contributed by atoms with E-state index >= 15 is 0 Å². The summed E-state index contributed by atoms with van der Waals surface area (Å²) in [6.45, 7) is 3.29. The highest BCUT2D eigenvalue weighted by atomic mass is 19.1. The molecule has 6 heteroatoms. The van der Waals surface area contributed by atoms with Crippen LogP contribution in [-0.2, 0) is 16.1 Å². The Morgan fingerprint density at radius 3 is 2.86 bits per heavy atom. The topological polar surface area (TPSA) is 62.7 Å². The van der Waals surface area contributed by atoms with Crippen LogP contribution in [0, 0.1) is 5.82 Å². The number of aliphatic imine (C=N–C) groups is 1. The Labute approximate surface area is 124 Å². The predicted octanol–water partition coefficient (Wildman–Crippen LogP) is 1.83. The second-order valence-corrected chi connectivity index (χ2v) is 4.39. The molecule has 1 rings (SSSR count). The number of hydrogen-bond acceptors (Lipinski definition) is 3. The highest BCUT2D eigenvalue weighted by Gasteiger charge is 2.02. The number of nitrogens with zero attached hydrogens (tertiary/aromatic N) is 1. The van der Waals surface area contributed by atoms with E-state index in [1.807, 2.05) is 6.07 Å². The van der Waals surface area contributed by atoms with Crippen LogP contribution in [-0.4, -0.2) is 32.1 Å². The molecule has 0 atom stereocenters. The number of carbonyl (C=O) groups is 1. The average molecular weight is 295 g/mol. The molecule has 0 aliphatic heterocycles. The first kappa shape index (κ1) is 16.9. The normalized spacial score (nSPS) is 11.1. The summed E-state index contributed by atoms with van der Waals surface area (Å²) >= 11 is 0. The van der Waals surface area contributed by atoms with E-state index in [1.165, 1.54) is 12.1 Å². The third kappa shape index (κ3) is 7.29. The number of hydrogen-bond donors (Lipinski definition) is 2. The molecule has 0 aromatic heterocycles. The van der Waals surface area contributed by atoms with Crippen molar-refractivity contribution in [1.29, 1.82) is 0 Å². The van der Waals surface area contributed by atoms with E-state index in [1.54, 1.807) is 20.0 Å². The van der Waals surface area contributed by atoms with Gasteiger partial charge in [0.2, 0.25) is 0 Å². The SMILES string of the molecule is CCOC(=O)CCCNC(=NC)NCc1cccc(F)c1. The van der Waals surface area contributed by atoms with Gasteiger partial charge in [-0.2, -0.15) is 0 Å². The van der Waals surface area contributed by atoms with E-state index in [0.29, 0.717) is 38.5 Å². The van der Waals surface area contributed by atoms with Gasteiger partial charge in [0.05, 0.1) is 6.61 Å². The maximum absolute atomic E-state index is 13.0. The van der Waals surface area contributed by atoms with Crippen molar-refractivity contribution in [3.05, 3.63) is 35.6 Å². The average Bonchev–Trinajstić information content (AvgIpc) is 2.47. The number of benzene rings is 1. The third-order valence-electron chi connectivity index (χ3n) is 2.73. The highest BCUT2D eigenvalue weighted by molar-refractivity contribution is 5.79. The van der Waals surface area contributed by atoms with Crippen LogP contribution in [0.4, 0.5) is 4.39 Å². The Hall–Kier alpha value is -2.11. The lowest BCUT2D eigenvalue weighted by Gasteiger charge is -2.11. The van der Waals surface area contributed by atoms with Gasteiger partial charge in [-0.25, -0.2) is 4.39 Å². The molecule has 116 valence electrons. The first-order chi connectivity index (χ1) is 10.2. The maximum Gasteiger partial charge on any atom is 0.305 e. The lowest BCUT2D eigenvalue weighted by atomic mass is 10.2. The molecule has 0 unspecified atom stereocenters. The second kappa shape index (κ2) is 9.74. The molecule has 0 spiro atoms. The highest BCUT2D eigenvalue weighted by Crippen LogP contribution is 2.02. The van der Waals surface area contributed by atoms with E-state index < -0.39 is 0 Å². The van der Waals surface area contributed by atoms with Gasteiger partial charge < -0.3 is 15.4 Å². The molecule has 5 nitrogen and oxygen atoms in total. The van der Waals surface area contributed by atoms with Gasteiger partial charge in [-0.15, -0.1) is 0 Å². The van der Waals surface area contributed by atoms with Crippen LogP contribution in [0.5, 0.6) is 0 Å². The van der Waals surface area contributed by atoms with Crippen LogP contribution in [0.1, 0.15) is 25.3 Å². The minimum atomic E-state index is -0.258. The van der Waals surface area contributed by atoms with Gasteiger partial charge in [-0.05, 0) is 31.0 Å². The van der Waals surface area contributed by atoms with E-state index in [9.17, 15) is 9.18 Å². The van der Waals surface area contributed by atoms with Crippen LogP contribution in [0.25, 0.3) is 0 Å². The maximum atomic E-state index is 13.0. The van der Waals surface area contributed by atoms with Gasteiger partial charge >= 0.3 is 5.97 Å². The molecule has 21 heavy (non-hydrogen) atoms. The zero-order chi connectivity index (χ0) is 15.5. The first-order valence-electron chi connectivity index (χ1n) is 7.00. The molecule has 1 aromatic carbocycles. The number of esters is 1. The molecular weight excluding hydrogens is 273 g/mol. The molecule has 0 saturated heterocycles.